The van der Waals surface area contributed by atoms with Gasteiger partial charge < -0.3 is 0 Å². The topological polar surface area (TPSA) is 76.8 Å². The van der Waals surface area contributed by atoms with Gasteiger partial charge in [0.25, 0.3) is 0 Å². The highest BCUT2D eigenvalue weighted by atomic mass is 32.1. The lowest BCUT2D eigenvalue weighted by Crippen LogP contribution is -2.30. The van der Waals surface area contributed by atoms with Crippen molar-refractivity contribution in [2.24, 2.45) is 0 Å². The number of carbonyl (C=O) groups excluding carboxylic acids is 1. The molecule has 2 aromatic carbocycles. The minimum atomic E-state index is 0.0558. The van der Waals surface area contributed by atoms with E-state index in [1.54, 1.807) is 9.58 Å². The zero-order valence-corrected chi connectivity index (χ0v) is 16.3. The minimum absolute atomic E-state index is 0.0558. The third-order valence-corrected chi connectivity index (χ3v) is 5.41. The second-order valence-corrected chi connectivity index (χ2v) is 7.38. The summed E-state index contributed by atoms with van der Waals surface area (Å²) in [6.07, 6.45) is 1.16. The Morgan fingerprint density at radius 2 is 1.82 bits per heavy atom. The molecule has 7 nitrogen and oxygen atoms in total. The summed E-state index contributed by atoms with van der Waals surface area (Å²) < 4.78 is 1.80. The molecule has 0 saturated carbocycles. The van der Waals surface area contributed by atoms with Gasteiger partial charge in [0.15, 0.2) is 0 Å². The highest BCUT2D eigenvalue weighted by Gasteiger charge is 2.19. The van der Waals surface area contributed by atoms with Crippen molar-refractivity contribution in [1.29, 1.82) is 0 Å². The van der Waals surface area contributed by atoms with Crippen molar-refractivity contribution in [3.63, 3.8) is 0 Å². The van der Waals surface area contributed by atoms with Gasteiger partial charge in [0.1, 0.15) is 10.5 Å². The van der Waals surface area contributed by atoms with E-state index < -0.39 is 0 Å². The van der Waals surface area contributed by atoms with Crippen LogP contribution in [-0.2, 0) is 17.8 Å². The van der Waals surface area contributed by atoms with Crippen LogP contribution in [0.15, 0.2) is 54.6 Å². The van der Waals surface area contributed by atoms with Crippen LogP contribution in [0.1, 0.15) is 23.9 Å². The van der Waals surface area contributed by atoms with Gasteiger partial charge in [-0.25, -0.2) is 4.68 Å². The summed E-state index contributed by atoms with van der Waals surface area (Å²) in [5.74, 6) is 0.0558. The van der Waals surface area contributed by atoms with Crippen LogP contribution in [0.25, 0.3) is 11.0 Å². The van der Waals surface area contributed by atoms with E-state index in [2.05, 4.69) is 20.5 Å². The first-order valence-corrected chi connectivity index (χ1v) is 10.0. The number of para-hydroxylation sites is 1. The quantitative estimate of drug-likeness (QED) is 0.482. The van der Waals surface area contributed by atoms with Crippen molar-refractivity contribution in [1.82, 2.24) is 25.2 Å². The molecule has 0 aliphatic heterocycles. The largest absolute Gasteiger partial charge is 0.287 e. The number of benzene rings is 2. The number of hydrogen-bond acceptors (Lipinski definition) is 6. The van der Waals surface area contributed by atoms with Crippen molar-refractivity contribution in [3.05, 3.63) is 65.2 Å². The number of nitrogens with zero attached hydrogens (tertiary/aromatic N) is 6. The van der Waals surface area contributed by atoms with E-state index in [0.29, 0.717) is 31.1 Å². The molecule has 1 amide bonds. The standard InChI is InChI=1S/C20H20N6OS/c1-2-25(19(27)13-12-15-8-4-3-5-9-15)20-23-22-18(28-20)14-26-17-11-7-6-10-16(17)21-24-26/h3-11H,2,12-14H2,1H3. The summed E-state index contributed by atoms with van der Waals surface area (Å²) in [6, 6.07) is 17.8. The molecule has 2 aromatic heterocycles. The molecule has 0 bridgehead atoms. The Bertz CT molecular complexity index is 1070. The third kappa shape index (κ3) is 3.91. The van der Waals surface area contributed by atoms with Crippen LogP contribution in [-0.4, -0.2) is 37.6 Å². The minimum Gasteiger partial charge on any atom is -0.287 e. The van der Waals surface area contributed by atoms with Crippen LogP contribution in [0.2, 0.25) is 0 Å². The van der Waals surface area contributed by atoms with Gasteiger partial charge in [0.05, 0.1) is 12.1 Å². The molecule has 0 radical (unpaired) electrons. The average Bonchev–Trinajstić information content (AvgIpc) is 3.36. The van der Waals surface area contributed by atoms with Gasteiger partial charge in [-0.2, -0.15) is 0 Å². The van der Waals surface area contributed by atoms with Gasteiger partial charge in [0, 0.05) is 13.0 Å². The summed E-state index contributed by atoms with van der Waals surface area (Å²) in [4.78, 5) is 14.4. The Kier molecular flexibility index (Phi) is 5.38. The zero-order chi connectivity index (χ0) is 19.3. The maximum Gasteiger partial charge on any atom is 0.229 e. The predicted octanol–water partition coefficient (Wildman–Crippen LogP) is 3.32. The molecule has 8 heteroatoms. The molecule has 0 spiro atoms. The Hall–Kier alpha value is -3.13. The molecule has 0 saturated heterocycles. The molecule has 4 rings (SSSR count). The van der Waals surface area contributed by atoms with E-state index >= 15 is 0 Å². The smallest absolute Gasteiger partial charge is 0.229 e. The maximum absolute atomic E-state index is 12.7. The molecular formula is C20H20N6OS. The lowest BCUT2D eigenvalue weighted by molar-refractivity contribution is -0.118. The van der Waals surface area contributed by atoms with E-state index in [1.165, 1.54) is 11.3 Å². The third-order valence-electron chi connectivity index (χ3n) is 4.48. The first-order chi connectivity index (χ1) is 13.7. The first kappa shape index (κ1) is 18.2. The van der Waals surface area contributed by atoms with Crippen molar-refractivity contribution < 1.29 is 4.79 Å². The fraction of sp³-hybridized carbons (Fsp3) is 0.250. The fourth-order valence-electron chi connectivity index (χ4n) is 3.03. The van der Waals surface area contributed by atoms with E-state index in [-0.39, 0.29) is 5.91 Å². The van der Waals surface area contributed by atoms with E-state index in [9.17, 15) is 4.79 Å². The predicted molar refractivity (Wildman–Crippen MR) is 109 cm³/mol. The Balaban J connectivity index is 1.45. The second kappa shape index (κ2) is 8.26. The fourth-order valence-corrected chi connectivity index (χ4v) is 3.93. The lowest BCUT2D eigenvalue weighted by Gasteiger charge is -2.16. The number of anilines is 1. The highest BCUT2D eigenvalue weighted by molar-refractivity contribution is 7.15. The number of rotatable bonds is 7. The zero-order valence-electron chi connectivity index (χ0n) is 15.5. The van der Waals surface area contributed by atoms with Gasteiger partial charge >= 0.3 is 0 Å². The number of aromatic nitrogens is 5. The number of hydrogen-bond donors (Lipinski definition) is 0. The van der Waals surface area contributed by atoms with Gasteiger partial charge in [-0.1, -0.05) is 59.0 Å². The summed E-state index contributed by atoms with van der Waals surface area (Å²) in [6.45, 7) is 2.99. The number of fused-ring (bicyclic) bond motifs is 1. The molecule has 0 N–H and O–H groups in total. The van der Waals surface area contributed by atoms with E-state index in [1.807, 2.05) is 61.5 Å². The molecule has 0 atom stereocenters. The van der Waals surface area contributed by atoms with Crippen molar-refractivity contribution >= 4 is 33.4 Å². The number of carbonyl (C=O) groups is 1. The summed E-state index contributed by atoms with van der Waals surface area (Å²) in [7, 11) is 0. The first-order valence-electron chi connectivity index (χ1n) is 9.19. The van der Waals surface area contributed by atoms with Gasteiger partial charge in [0.2, 0.25) is 11.0 Å². The summed E-state index contributed by atoms with van der Waals surface area (Å²) in [5, 5.41) is 18.3. The highest BCUT2D eigenvalue weighted by Crippen LogP contribution is 2.23. The van der Waals surface area contributed by atoms with Crippen molar-refractivity contribution in [2.45, 2.75) is 26.3 Å². The molecule has 0 aliphatic rings. The van der Waals surface area contributed by atoms with Crippen LogP contribution in [0.3, 0.4) is 0 Å². The molecule has 0 fully saturated rings. The monoisotopic (exact) mass is 392 g/mol. The Morgan fingerprint density at radius 3 is 2.64 bits per heavy atom. The van der Waals surface area contributed by atoms with Gasteiger partial charge in [-0.05, 0) is 31.0 Å². The van der Waals surface area contributed by atoms with Crippen LogP contribution in [0, 0.1) is 0 Å². The number of aryl methyl sites for hydroxylation is 1. The normalized spacial score (nSPS) is 11.0. The lowest BCUT2D eigenvalue weighted by atomic mass is 10.1. The molecular weight excluding hydrogens is 372 g/mol. The molecule has 2 heterocycles. The van der Waals surface area contributed by atoms with Crippen LogP contribution >= 0.6 is 11.3 Å². The van der Waals surface area contributed by atoms with Gasteiger partial charge in [-0.3, -0.25) is 9.69 Å². The van der Waals surface area contributed by atoms with Crippen LogP contribution < -0.4 is 4.90 Å². The molecule has 28 heavy (non-hydrogen) atoms. The van der Waals surface area contributed by atoms with Crippen molar-refractivity contribution in [3.8, 4) is 0 Å². The van der Waals surface area contributed by atoms with E-state index in [0.717, 1.165) is 21.6 Å². The molecule has 0 aliphatic carbocycles. The second-order valence-electron chi connectivity index (χ2n) is 6.34. The number of amides is 1. The average molecular weight is 392 g/mol. The summed E-state index contributed by atoms with van der Waals surface area (Å²) >= 11 is 1.42. The molecule has 142 valence electrons. The van der Waals surface area contributed by atoms with E-state index in [4.69, 9.17) is 0 Å². The van der Waals surface area contributed by atoms with Gasteiger partial charge in [-0.15, -0.1) is 15.3 Å². The Morgan fingerprint density at radius 1 is 1.04 bits per heavy atom. The summed E-state index contributed by atoms with van der Waals surface area (Å²) in [5.41, 5.74) is 2.95. The SMILES string of the molecule is CCN(C(=O)CCc1ccccc1)c1nnc(Cn2nnc3ccccc32)s1. The maximum atomic E-state index is 12.7. The molecule has 0 unspecified atom stereocenters. The Labute approximate surface area is 166 Å². The van der Waals surface area contributed by atoms with Crippen molar-refractivity contribution in [2.75, 3.05) is 11.4 Å². The molecule has 4 aromatic rings. The van der Waals surface area contributed by atoms with Crippen LogP contribution in [0.4, 0.5) is 5.13 Å². The van der Waals surface area contributed by atoms with Crippen LogP contribution in [0.5, 0.6) is 0 Å².